The molecule has 1 aliphatic rings. The summed E-state index contributed by atoms with van der Waals surface area (Å²) < 4.78 is 10.5. The lowest BCUT2D eigenvalue weighted by Crippen LogP contribution is -2.17. The summed E-state index contributed by atoms with van der Waals surface area (Å²) in [6.07, 6.45) is 1.51. The van der Waals surface area contributed by atoms with E-state index in [1.54, 1.807) is 12.1 Å². The first-order chi connectivity index (χ1) is 13.4. The predicted octanol–water partition coefficient (Wildman–Crippen LogP) is 3.15. The van der Waals surface area contributed by atoms with Crippen LogP contribution in [0.2, 0.25) is 0 Å². The standard InChI is InChI=1S/C18H12N2O7S/c1-26-14-8-10(9-15-16(21)19-18(23)28-15)2-7-13(14)27-17(22)11-3-5-12(6-4-11)20(24)25/h2-9H,1H3,(H,19,21,23)/b15-9+. The molecular formula is C18H12N2O7S. The van der Waals surface area contributed by atoms with Crippen molar-refractivity contribution in [3.63, 3.8) is 0 Å². The Morgan fingerprint density at radius 3 is 2.43 bits per heavy atom. The van der Waals surface area contributed by atoms with Gasteiger partial charge in [0.2, 0.25) is 0 Å². The molecule has 0 radical (unpaired) electrons. The molecule has 0 spiro atoms. The van der Waals surface area contributed by atoms with Gasteiger partial charge in [0.15, 0.2) is 11.5 Å². The number of ether oxygens (including phenoxy) is 2. The van der Waals surface area contributed by atoms with E-state index in [1.165, 1.54) is 43.5 Å². The molecule has 9 nitrogen and oxygen atoms in total. The number of nitro benzene ring substituents is 1. The smallest absolute Gasteiger partial charge is 0.343 e. The number of thioether (sulfide) groups is 1. The van der Waals surface area contributed by atoms with Crippen LogP contribution in [0.5, 0.6) is 11.5 Å². The van der Waals surface area contributed by atoms with Crippen LogP contribution in [0.3, 0.4) is 0 Å². The first-order valence-electron chi connectivity index (χ1n) is 7.77. The maximum absolute atomic E-state index is 12.3. The Bertz CT molecular complexity index is 1020. The number of carbonyl (C=O) groups excluding carboxylic acids is 3. The fourth-order valence-corrected chi connectivity index (χ4v) is 2.99. The number of nitro groups is 1. The number of esters is 1. The zero-order chi connectivity index (χ0) is 20.3. The van der Waals surface area contributed by atoms with Gasteiger partial charge in [0, 0.05) is 12.1 Å². The molecule has 10 heteroatoms. The Balaban J connectivity index is 1.79. The van der Waals surface area contributed by atoms with E-state index in [9.17, 15) is 24.5 Å². The highest BCUT2D eigenvalue weighted by Crippen LogP contribution is 2.32. The van der Waals surface area contributed by atoms with Crippen LogP contribution in [0.4, 0.5) is 10.5 Å². The Morgan fingerprint density at radius 1 is 1.14 bits per heavy atom. The zero-order valence-corrected chi connectivity index (χ0v) is 15.1. The summed E-state index contributed by atoms with van der Waals surface area (Å²) in [5.74, 6) is -0.829. The lowest BCUT2D eigenvalue weighted by atomic mass is 10.1. The molecule has 1 saturated heterocycles. The average Bonchev–Trinajstić information content (AvgIpc) is 2.99. The van der Waals surface area contributed by atoms with Crippen molar-refractivity contribution in [3.8, 4) is 11.5 Å². The highest BCUT2D eigenvalue weighted by Gasteiger charge is 2.25. The summed E-state index contributed by atoms with van der Waals surface area (Å²) in [4.78, 5) is 45.4. The predicted molar refractivity (Wildman–Crippen MR) is 100 cm³/mol. The van der Waals surface area contributed by atoms with Crippen molar-refractivity contribution in [1.82, 2.24) is 5.32 Å². The van der Waals surface area contributed by atoms with Gasteiger partial charge in [0.1, 0.15) is 0 Å². The number of amides is 2. The van der Waals surface area contributed by atoms with E-state index in [0.717, 1.165) is 11.8 Å². The summed E-state index contributed by atoms with van der Waals surface area (Å²) in [5.41, 5.74) is 0.564. The minimum absolute atomic E-state index is 0.132. The van der Waals surface area contributed by atoms with Crippen molar-refractivity contribution in [1.29, 1.82) is 0 Å². The van der Waals surface area contributed by atoms with E-state index in [1.807, 2.05) is 0 Å². The lowest BCUT2D eigenvalue weighted by molar-refractivity contribution is -0.384. The van der Waals surface area contributed by atoms with Gasteiger partial charge in [-0.3, -0.25) is 25.0 Å². The van der Waals surface area contributed by atoms with Crippen molar-refractivity contribution in [2.45, 2.75) is 0 Å². The summed E-state index contributed by atoms with van der Waals surface area (Å²) in [6, 6.07) is 9.60. The third-order valence-corrected chi connectivity index (χ3v) is 4.45. The second kappa shape index (κ2) is 7.92. The Morgan fingerprint density at radius 2 is 1.86 bits per heavy atom. The second-order valence-electron chi connectivity index (χ2n) is 5.46. The number of hydrogen-bond donors (Lipinski definition) is 1. The van der Waals surface area contributed by atoms with Crippen LogP contribution < -0.4 is 14.8 Å². The fourth-order valence-electron chi connectivity index (χ4n) is 2.31. The van der Waals surface area contributed by atoms with Crippen molar-refractivity contribution >= 4 is 40.6 Å². The van der Waals surface area contributed by atoms with Gasteiger partial charge in [0.05, 0.1) is 22.5 Å². The van der Waals surface area contributed by atoms with Gasteiger partial charge in [-0.15, -0.1) is 0 Å². The van der Waals surface area contributed by atoms with Gasteiger partial charge >= 0.3 is 5.97 Å². The summed E-state index contributed by atoms with van der Waals surface area (Å²) in [7, 11) is 1.38. The van der Waals surface area contributed by atoms with Crippen molar-refractivity contribution in [3.05, 3.63) is 68.6 Å². The number of hydrogen-bond acceptors (Lipinski definition) is 8. The van der Waals surface area contributed by atoms with E-state index in [4.69, 9.17) is 9.47 Å². The average molecular weight is 400 g/mol. The molecule has 0 aromatic heterocycles. The van der Waals surface area contributed by atoms with Gasteiger partial charge < -0.3 is 9.47 Å². The van der Waals surface area contributed by atoms with Crippen LogP contribution in [0.25, 0.3) is 6.08 Å². The van der Waals surface area contributed by atoms with Crippen LogP contribution in [0, 0.1) is 10.1 Å². The molecule has 1 N–H and O–H groups in total. The monoisotopic (exact) mass is 400 g/mol. The molecule has 0 unspecified atom stereocenters. The van der Waals surface area contributed by atoms with Crippen molar-refractivity contribution < 1.29 is 28.8 Å². The third kappa shape index (κ3) is 4.18. The van der Waals surface area contributed by atoms with Gasteiger partial charge in [-0.2, -0.15) is 0 Å². The normalized spacial score (nSPS) is 14.7. The molecule has 0 bridgehead atoms. The van der Waals surface area contributed by atoms with Crippen LogP contribution in [-0.2, 0) is 4.79 Å². The highest BCUT2D eigenvalue weighted by atomic mass is 32.2. The molecule has 1 heterocycles. The van der Waals surface area contributed by atoms with E-state index >= 15 is 0 Å². The molecule has 2 amide bonds. The molecule has 1 aliphatic heterocycles. The summed E-state index contributed by atoms with van der Waals surface area (Å²) in [6.45, 7) is 0. The molecular weight excluding hydrogens is 388 g/mol. The zero-order valence-electron chi connectivity index (χ0n) is 14.3. The second-order valence-corrected chi connectivity index (χ2v) is 6.47. The molecule has 0 atom stereocenters. The van der Waals surface area contributed by atoms with Crippen molar-refractivity contribution in [2.75, 3.05) is 7.11 Å². The Hall–Kier alpha value is -3.66. The van der Waals surface area contributed by atoms with E-state index < -0.39 is 22.0 Å². The van der Waals surface area contributed by atoms with E-state index in [2.05, 4.69) is 5.32 Å². The van der Waals surface area contributed by atoms with Gasteiger partial charge in [-0.05, 0) is 47.7 Å². The maximum atomic E-state index is 12.3. The maximum Gasteiger partial charge on any atom is 0.343 e. The van der Waals surface area contributed by atoms with Crippen LogP contribution in [-0.4, -0.2) is 29.1 Å². The molecule has 142 valence electrons. The fraction of sp³-hybridized carbons (Fsp3) is 0.0556. The van der Waals surface area contributed by atoms with Gasteiger partial charge in [-0.1, -0.05) is 6.07 Å². The lowest BCUT2D eigenvalue weighted by Gasteiger charge is -2.10. The van der Waals surface area contributed by atoms with E-state index in [0.29, 0.717) is 5.56 Å². The molecule has 3 rings (SSSR count). The number of non-ortho nitro benzene ring substituents is 1. The molecule has 0 aliphatic carbocycles. The van der Waals surface area contributed by atoms with Gasteiger partial charge in [-0.25, -0.2) is 4.79 Å². The van der Waals surface area contributed by atoms with Crippen molar-refractivity contribution in [2.24, 2.45) is 0 Å². The number of nitrogens with zero attached hydrogens (tertiary/aromatic N) is 1. The largest absolute Gasteiger partial charge is 0.493 e. The minimum atomic E-state index is -0.712. The number of rotatable bonds is 5. The number of methoxy groups -OCH3 is 1. The first-order valence-corrected chi connectivity index (χ1v) is 8.58. The van der Waals surface area contributed by atoms with E-state index in [-0.39, 0.29) is 27.7 Å². The third-order valence-electron chi connectivity index (χ3n) is 3.64. The SMILES string of the molecule is COc1cc(/C=C2/SC(=O)NC2=O)ccc1OC(=O)c1ccc([N+](=O)[O-])cc1. The quantitative estimate of drug-likeness (QED) is 0.267. The molecule has 2 aromatic rings. The molecule has 0 saturated carbocycles. The number of imide groups is 1. The van der Waals surface area contributed by atoms with Crippen LogP contribution >= 0.6 is 11.8 Å². The summed E-state index contributed by atoms with van der Waals surface area (Å²) in [5, 5.41) is 12.4. The van der Waals surface area contributed by atoms with Crippen LogP contribution in [0.15, 0.2) is 47.4 Å². The number of nitrogens with one attached hydrogen (secondary N) is 1. The van der Waals surface area contributed by atoms with Crippen LogP contribution in [0.1, 0.15) is 15.9 Å². The molecule has 2 aromatic carbocycles. The molecule has 28 heavy (non-hydrogen) atoms. The summed E-state index contributed by atoms with van der Waals surface area (Å²) >= 11 is 0.785. The molecule has 1 fully saturated rings. The Kier molecular flexibility index (Phi) is 5.41. The topological polar surface area (TPSA) is 125 Å². The highest BCUT2D eigenvalue weighted by molar-refractivity contribution is 8.18. The Labute approximate surface area is 162 Å². The number of carbonyl (C=O) groups is 3. The first kappa shape index (κ1) is 19.1. The van der Waals surface area contributed by atoms with Gasteiger partial charge in [0.25, 0.3) is 16.8 Å². The number of benzene rings is 2. The minimum Gasteiger partial charge on any atom is -0.493 e.